The van der Waals surface area contributed by atoms with Crippen molar-refractivity contribution in [2.45, 2.75) is 31.9 Å². The minimum Gasteiger partial charge on any atom is -0.481 e. The number of halogens is 3. The first-order valence-electron chi connectivity index (χ1n) is 6.35. The van der Waals surface area contributed by atoms with E-state index in [1.807, 2.05) is 0 Å². The zero-order chi connectivity index (χ0) is 14.8. The van der Waals surface area contributed by atoms with Crippen molar-refractivity contribution in [1.29, 1.82) is 0 Å². The van der Waals surface area contributed by atoms with Crippen molar-refractivity contribution >= 4 is 11.8 Å². The predicted octanol–water partition coefficient (Wildman–Crippen LogP) is 3.16. The van der Waals surface area contributed by atoms with E-state index in [1.54, 1.807) is 0 Å². The Morgan fingerprint density at radius 3 is 2.55 bits per heavy atom. The fraction of sp³-hybridized carbons (Fsp3) is 0.538. The summed E-state index contributed by atoms with van der Waals surface area (Å²) in [6.45, 7) is 0.0939. The van der Waals surface area contributed by atoms with Crippen LogP contribution < -0.4 is 5.32 Å². The Balaban J connectivity index is 2.09. The molecule has 0 spiro atoms. The third-order valence-electron chi connectivity index (χ3n) is 3.66. The molecule has 1 aromatic rings. The van der Waals surface area contributed by atoms with E-state index in [4.69, 9.17) is 0 Å². The molecule has 2 N–H and O–H groups in total. The second-order valence-corrected chi connectivity index (χ2v) is 5.05. The van der Waals surface area contributed by atoms with E-state index in [2.05, 4.69) is 10.3 Å². The second-order valence-electron chi connectivity index (χ2n) is 5.05. The molecule has 1 heterocycles. The van der Waals surface area contributed by atoms with Gasteiger partial charge in [0.1, 0.15) is 11.5 Å². The Morgan fingerprint density at radius 2 is 2.00 bits per heavy atom. The molecule has 1 fully saturated rings. The van der Waals surface area contributed by atoms with Crippen molar-refractivity contribution in [3.8, 4) is 0 Å². The largest absolute Gasteiger partial charge is 0.481 e. The number of aliphatic carboxylic acids is 1. The van der Waals surface area contributed by atoms with Gasteiger partial charge in [-0.3, -0.25) is 4.79 Å². The number of hydrogen-bond acceptors (Lipinski definition) is 3. The van der Waals surface area contributed by atoms with E-state index in [0.29, 0.717) is 12.8 Å². The lowest BCUT2D eigenvalue weighted by Crippen LogP contribution is -2.35. The van der Waals surface area contributed by atoms with Crippen LogP contribution in [0.4, 0.5) is 19.0 Å². The standard InChI is InChI=1S/C13H15F3N2O2/c14-13(15,16)9-4-3-5-10(18-9)17-8-12(11(19)20)6-1-2-7-12/h3-5H,1-2,6-8H2,(H,17,18)(H,19,20). The van der Waals surface area contributed by atoms with Gasteiger partial charge < -0.3 is 10.4 Å². The molecule has 1 aromatic heterocycles. The molecule has 2 rings (SSSR count). The molecule has 0 unspecified atom stereocenters. The molecular weight excluding hydrogens is 273 g/mol. The summed E-state index contributed by atoms with van der Waals surface area (Å²) in [5.41, 5.74) is -1.88. The normalized spacial score (nSPS) is 17.9. The Labute approximate surface area is 114 Å². The van der Waals surface area contributed by atoms with E-state index in [0.717, 1.165) is 18.9 Å². The Kier molecular flexibility index (Phi) is 3.87. The Morgan fingerprint density at radius 1 is 1.35 bits per heavy atom. The zero-order valence-electron chi connectivity index (χ0n) is 10.7. The highest BCUT2D eigenvalue weighted by atomic mass is 19.4. The molecule has 1 saturated carbocycles. The molecule has 0 radical (unpaired) electrons. The third-order valence-corrected chi connectivity index (χ3v) is 3.66. The van der Waals surface area contributed by atoms with Gasteiger partial charge in [0.25, 0.3) is 0 Å². The summed E-state index contributed by atoms with van der Waals surface area (Å²) < 4.78 is 37.6. The summed E-state index contributed by atoms with van der Waals surface area (Å²) in [6, 6.07) is 3.54. The molecule has 0 saturated heterocycles. The van der Waals surface area contributed by atoms with Gasteiger partial charge in [-0.15, -0.1) is 0 Å². The molecule has 110 valence electrons. The molecule has 0 bridgehead atoms. The number of hydrogen-bond donors (Lipinski definition) is 2. The minimum absolute atomic E-state index is 0.0485. The molecule has 20 heavy (non-hydrogen) atoms. The number of carboxylic acids is 1. The van der Waals surface area contributed by atoms with Gasteiger partial charge in [-0.1, -0.05) is 18.9 Å². The van der Waals surface area contributed by atoms with Crippen LogP contribution in [0.3, 0.4) is 0 Å². The van der Waals surface area contributed by atoms with Crippen LogP contribution in [0.15, 0.2) is 18.2 Å². The maximum absolute atomic E-state index is 12.5. The Bertz CT molecular complexity index is 497. The number of carboxylic acid groups (broad SMARTS) is 1. The van der Waals surface area contributed by atoms with Gasteiger partial charge in [0.05, 0.1) is 5.41 Å². The van der Waals surface area contributed by atoms with Gasteiger partial charge in [-0.25, -0.2) is 4.98 Å². The molecule has 0 aliphatic heterocycles. The van der Waals surface area contributed by atoms with E-state index in [-0.39, 0.29) is 12.4 Å². The van der Waals surface area contributed by atoms with Crippen LogP contribution in [0.5, 0.6) is 0 Å². The number of pyridine rings is 1. The summed E-state index contributed by atoms with van der Waals surface area (Å²) in [4.78, 5) is 14.8. The second kappa shape index (κ2) is 5.30. The first-order chi connectivity index (χ1) is 9.33. The van der Waals surface area contributed by atoms with E-state index in [1.165, 1.54) is 12.1 Å². The van der Waals surface area contributed by atoms with Crippen LogP contribution in [0.1, 0.15) is 31.4 Å². The quantitative estimate of drug-likeness (QED) is 0.893. The number of anilines is 1. The van der Waals surface area contributed by atoms with Crippen LogP contribution in [-0.4, -0.2) is 22.6 Å². The number of aromatic nitrogens is 1. The number of nitrogens with zero attached hydrogens (tertiary/aromatic N) is 1. The summed E-state index contributed by atoms with van der Waals surface area (Å²) >= 11 is 0. The molecule has 4 nitrogen and oxygen atoms in total. The van der Waals surface area contributed by atoms with Gasteiger partial charge in [0.2, 0.25) is 0 Å². The van der Waals surface area contributed by atoms with Crippen LogP contribution in [0.25, 0.3) is 0 Å². The van der Waals surface area contributed by atoms with E-state index < -0.39 is 23.3 Å². The highest BCUT2D eigenvalue weighted by molar-refractivity contribution is 5.75. The molecule has 0 amide bonds. The van der Waals surface area contributed by atoms with Crippen molar-refractivity contribution < 1.29 is 23.1 Å². The van der Waals surface area contributed by atoms with Crippen LogP contribution in [-0.2, 0) is 11.0 Å². The predicted molar refractivity (Wildman–Crippen MR) is 66.3 cm³/mol. The van der Waals surface area contributed by atoms with Gasteiger partial charge in [0, 0.05) is 6.54 Å². The summed E-state index contributed by atoms with van der Waals surface area (Å²) in [6.07, 6.45) is -1.79. The topological polar surface area (TPSA) is 62.2 Å². The molecule has 1 aliphatic rings. The van der Waals surface area contributed by atoms with Crippen LogP contribution >= 0.6 is 0 Å². The molecule has 1 aliphatic carbocycles. The van der Waals surface area contributed by atoms with Gasteiger partial charge in [-0.2, -0.15) is 13.2 Å². The smallest absolute Gasteiger partial charge is 0.433 e. The highest BCUT2D eigenvalue weighted by Crippen LogP contribution is 2.38. The molecule has 0 aromatic carbocycles. The molecule has 0 atom stereocenters. The third kappa shape index (κ3) is 3.02. The van der Waals surface area contributed by atoms with Crippen LogP contribution in [0, 0.1) is 5.41 Å². The van der Waals surface area contributed by atoms with Crippen LogP contribution in [0.2, 0.25) is 0 Å². The molecular formula is C13H15F3N2O2. The maximum Gasteiger partial charge on any atom is 0.433 e. The van der Waals surface area contributed by atoms with Crippen molar-refractivity contribution in [1.82, 2.24) is 4.98 Å². The fourth-order valence-corrected chi connectivity index (χ4v) is 2.47. The highest BCUT2D eigenvalue weighted by Gasteiger charge is 2.41. The maximum atomic E-state index is 12.5. The monoisotopic (exact) mass is 288 g/mol. The van der Waals surface area contributed by atoms with Gasteiger partial charge in [-0.05, 0) is 25.0 Å². The van der Waals surface area contributed by atoms with Crippen molar-refractivity contribution in [2.75, 3.05) is 11.9 Å². The first kappa shape index (κ1) is 14.6. The van der Waals surface area contributed by atoms with E-state index >= 15 is 0 Å². The minimum atomic E-state index is -4.50. The summed E-state index contributed by atoms with van der Waals surface area (Å²) in [5.74, 6) is -0.859. The first-order valence-corrected chi connectivity index (χ1v) is 6.35. The average Bonchev–Trinajstić information content (AvgIpc) is 2.86. The average molecular weight is 288 g/mol. The van der Waals surface area contributed by atoms with Gasteiger partial charge >= 0.3 is 12.1 Å². The lowest BCUT2D eigenvalue weighted by atomic mass is 9.86. The lowest BCUT2D eigenvalue weighted by Gasteiger charge is -2.24. The number of nitrogens with one attached hydrogen (secondary N) is 1. The van der Waals surface area contributed by atoms with Crippen molar-refractivity contribution in [2.24, 2.45) is 5.41 Å². The number of rotatable bonds is 4. The SMILES string of the molecule is O=C(O)C1(CNc2cccc(C(F)(F)F)n2)CCCC1. The van der Waals surface area contributed by atoms with Crippen molar-refractivity contribution in [3.63, 3.8) is 0 Å². The fourth-order valence-electron chi connectivity index (χ4n) is 2.47. The lowest BCUT2D eigenvalue weighted by molar-refractivity contribution is -0.147. The van der Waals surface area contributed by atoms with Crippen molar-refractivity contribution in [3.05, 3.63) is 23.9 Å². The zero-order valence-corrected chi connectivity index (χ0v) is 10.7. The van der Waals surface area contributed by atoms with Gasteiger partial charge in [0.15, 0.2) is 0 Å². The summed E-state index contributed by atoms with van der Waals surface area (Å²) in [7, 11) is 0. The Hall–Kier alpha value is -1.79. The van der Waals surface area contributed by atoms with E-state index in [9.17, 15) is 23.1 Å². The number of carbonyl (C=O) groups is 1. The molecule has 7 heteroatoms. The summed E-state index contributed by atoms with van der Waals surface area (Å²) in [5, 5.41) is 12.0. The number of alkyl halides is 3.